The van der Waals surface area contributed by atoms with Crippen LogP contribution in [0.1, 0.15) is 68.8 Å². The van der Waals surface area contributed by atoms with E-state index in [9.17, 15) is 18.0 Å². The van der Waals surface area contributed by atoms with Gasteiger partial charge in [-0.05, 0) is 75.2 Å². The van der Waals surface area contributed by atoms with Gasteiger partial charge in [0.15, 0.2) is 0 Å². The Morgan fingerprint density at radius 3 is 2.31 bits per heavy atom. The van der Waals surface area contributed by atoms with Crippen LogP contribution in [0.15, 0.2) is 47.4 Å². The molecule has 2 aromatic carbocycles. The van der Waals surface area contributed by atoms with Gasteiger partial charge in [0.1, 0.15) is 0 Å². The van der Waals surface area contributed by atoms with Gasteiger partial charge in [-0.15, -0.1) is 0 Å². The molecule has 0 saturated heterocycles. The number of halogens is 1. The fourth-order valence-corrected chi connectivity index (χ4v) is 5.57. The third-order valence-electron chi connectivity index (χ3n) is 6.28. The standard InChI is InChI=1S/C26H34ClN3O4S/c1-19(2)29-14-7-5-4-6-8-15-30(20(3)31)25-13-12-21(16-22(25)18-29)26(32)28-35(33,34)24-11-9-10-23(27)17-24/h9-13,16-17,19H,4-8,14-15,18H2,1-3H3,(H,28,32). The molecule has 0 atom stereocenters. The van der Waals surface area contributed by atoms with Crippen molar-refractivity contribution in [1.82, 2.24) is 9.62 Å². The van der Waals surface area contributed by atoms with Gasteiger partial charge in [0.2, 0.25) is 5.91 Å². The molecule has 2 aromatic rings. The molecule has 7 nitrogen and oxygen atoms in total. The summed E-state index contributed by atoms with van der Waals surface area (Å²) < 4.78 is 27.6. The zero-order valence-electron chi connectivity index (χ0n) is 20.6. The molecule has 1 N–H and O–H groups in total. The maximum atomic E-state index is 13.0. The average Bonchev–Trinajstić information content (AvgIpc) is 2.78. The highest BCUT2D eigenvalue weighted by Crippen LogP contribution is 2.27. The Morgan fingerprint density at radius 1 is 0.971 bits per heavy atom. The van der Waals surface area contributed by atoms with Gasteiger partial charge in [-0.2, -0.15) is 0 Å². The van der Waals surface area contributed by atoms with Crippen molar-refractivity contribution in [2.75, 3.05) is 18.0 Å². The molecule has 0 spiro atoms. The molecule has 0 bridgehead atoms. The quantitative estimate of drug-likeness (QED) is 0.615. The molecule has 190 valence electrons. The molecule has 0 fully saturated rings. The van der Waals surface area contributed by atoms with Crippen molar-refractivity contribution < 1.29 is 18.0 Å². The Labute approximate surface area is 213 Å². The zero-order chi connectivity index (χ0) is 25.6. The monoisotopic (exact) mass is 519 g/mol. The average molecular weight is 520 g/mol. The Kier molecular flexibility index (Phi) is 9.33. The lowest BCUT2D eigenvalue weighted by atomic mass is 10.0. The molecule has 1 heterocycles. The Balaban J connectivity index is 1.97. The largest absolute Gasteiger partial charge is 0.312 e. The first-order valence-electron chi connectivity index (χ1n) is 12.1. The van der Waals surface area contributed by atoms with E-state index in [4.69, 9.17) is 11.6 Å². The van der Waals surface area contributed by atoms with Gasteiger partial charge in [0.05, 0.1) is 4.90 Å². The van der Waals surface area contributed by atoms with E-state index in [0.29, 0.717) is 13.1 Å². The third kappa shape index (κ3) is 7.29. The number of fused-ring (bicyclic) bond motifs is 1. The summed E-state index contributed by atoms with van der Waals surface area (Å²) in [6.07, 6.45) is 5.34. The Bertz CT molecular complexity index is 1170. The molecule has 0 radical (unpaired) electrons. The van der Waals surface area contributed by atoms with Crippen LogP contribution in [0.25, 0.3) is 0 Å². The molecule has 2 amide bonds. The highest BCUT2D eigenvalue weighted by molar-refractivity contribution is 7.90. The molecule has 0 saturated carbocycles. The summed E-state index contributed by atoms with van der Waals surface area (Å²) in [6.45, 7) is 7.88. The summed E-state index contributed by atoms with van der Waals surface area (Å²) in [5, 5.41) is 0.262. The van der Waals surface area contributed by atoms with Crippen LogP contribution in [0.2, 0.25) is 5.02 Å². The number of amides is 2. The molecule has 3 rings (SSSR count). The van der Waals surface area contributed by atoms with Gasteiger partial charge >= 0.3 is 0 Å². The summed E-state index contributed by atoms with van der Waals surface area (Å²) in [5.41, 5.74) is 1.80. The maximum Gasteiger partial charge on any atom is 0.265 e. The highest BCUT2D eigenvalue weighted by Gasteiger charge is 2.23. The number of sulfonamides is 1. The lowest BCUT2D eigenvalue weighted by Gasteiger charge is -2.31. The fraction of sp³-hybridized carbons (Fsp3) is 0.462. The highest BCUT2D eigenvalue weighted by atomic mass is 35.5. The van der Waals surface area contributed by atoms with Crippen LogP contribution in [0.4, 0.5) is 5.69 Å². The van der Waals surface area contributed by atoms with Crippen LogP contribution in [0.5, 0.6) is 0 Å². The lowest BCUT2D eigenvalue weighted by molar-refractivity contribution is -0.116. The maximum absolute atomic E-state index is 13.0. The molecule has 35 heavy (non-hydrogen) atoms. The number of rotatable bonds is 4. The van der Waals surface area contributed by atoms with E-state index < -0.39 is 15.9 Å². The lowest BCUT2D eigenvalue weighted by Crippen LogP contribution is -2.35. The topological polar surface area (TPSA) is 86.8 Å². The predicted octanol–water partition coefficient (Wildman–Crippen LogP) is 4.99. The predicted molar refractivity (Wildman–Crippen MR) is 139 cm³/mol. The summed E-state index contributed by atoms with van der Waals surface area (Å²) >= 11 is 5.92. The molecule has 1 aliphatic heterocycles. The van der Waals surface area contributed by atoms with Crippen LogP contribution in [0.3, 0.4) is 0 Å². The Hall–Kier alpha value is -2.42. The van der Waals surface area contributed by atoms with Gasteiger partial charge in [-0.25, -0.2) is 13.1 Å². The van der Waals surface area contributed by atoms with Gasteiger partial charge in [-0.3, -0.25) is 14.5 Å². The number of nitrogens with zero attached hydrogens (tertiary/aromatic N) is 2. The normalized spacial score (nSPS) is 16.2. The van der Waals surface area contributed by atoms with Crippen molar-refractivity contribution in [3.63, 3.8) is 0 Å². The van der Waals surface area contributed by atoms with Crippen LogP contribution in [-0.4, -0.2) is 44.3 Å². The van der Waals surface area contributed by atoms with Crippen molar-refractivity contribution >= 4 is 39.1 Å². The van der Waals surface area contributed by atoms with Crippen molar-refractivity contribution in [2.24, 2.45) is 0 Å². The van der Waals surface area contributed by atoms with Crippen molar-refractivity contribution in [2.45, 2.75) is 70.4 Å². The molecule has 0 unspecified atom stereocenters. The van der Waals surface area contributed by atoms with E-state index in [1.807, 2.05) is 0 Å². The van der Waals surface area contributed by atoms with Crippen molar-refractivity contribution in [3.05, 3.63) is 58.6 Å². The number of carbonyl (C=O) groups excluding carboxylic acids is 2. The third-order valence-corrected chi connectivity index (χ3v) is 7.84. The molecule has 9 heteroatoms. The first-order valence-corrected chi connectivity index (χ1v) is 13.9. The Morgan fingerprint density at radius 2 is 1.66 bits per heavy atom. The van der Waals surface area contributed by atoms with Gasteiger partial charge in [-0.1, -0.05) is 36.9 Å². The van der Waals surface area contributed by atoms with Gasteiger partial charge < -0.3 is 4.90 Å². The van der Waals surface area contributed by atoms with Crippen LogP contribution < -0.4 is 9.62 Å². The molecular formula is C26H34ClN3O4S. The number of carbonyl (C=O) groups is 2. The van der Waals surface area contributed by atoms with Gasteiger partial charge in [0.25, 0.3) is 15.9 Å². The van der Waals surface area contributed by atoms with Crippen molar-refractivity contribution in [1.29, 1.82) is 0 Å². The number of hydrogen-bond acceptors (Lipinski definition) is 5. The second-order valence-corrected chi connectivity index (χ2v) is 11.4. The summed E-state index contributed by atoms with van der Waals surface area (Å²) in [5.74, 6) is -0.787. The SMILES string of the molecule is CC(=O)N1CCCCCCCN(C(C)C)Cc2cc(C(=O)NS(=O)(=O)c3cccc(Cl)c3)ccc21. The zero-order valence-corrected chi connectivity index (χ0v) is 22.2. The second kappa shape index (κ2) is 12.0. The van der Waals surface area contributed by atoms with Crippen LogP contribution in [-0.2, 0) is 21.4 Å². The second-order valence-electron chi connectivity index (χ2n) is 9.24. The first-order chi connectivity index (χ1) is 16.6. The summed E-state index contributed by atoms with van der Waals surface area (Å²) in [4.78, 5) is 29.5. The van der Waals surface area contributed by atoms with E-state index in [-0.39, 0.29) is 27.4 Å². The van der Waals surface area contributed by atoms with Crippen LogP contribution >= 0.6 is 11.6 Å². The molecule has 0 aliphatic carbocycles. The molecule has 1 aliphatic rings. The summed E-state index contributed by atoms with van der Waals surface area (Å²) in [7, 11) is -4.09. The minimum atomic E-state index is -4.09. The fourth-order valence-electron chi connectivity index (χ4n) is 4.29. The van der Waals surface area contributed by atoms with Crippen molar-refractivity contribution in [3.8, 4) is 0 Å². The van der Waals surface area contributed by atoms with E-state index in [1.165, 1.54) is 18.2 Å². The number of benzene rings is 2. The minimum Gasteiger partial charge on any atom is -0.312 e. The van der Waals surface area contributed by atoms with E-state index in [0.717, 1.165) is 49.9 Å². The molecular weight excluding hydrogens is 486 g/mol. The molecule has 0 aromatic heterocycles. The van der Waals surface area contributed by atoms with Crippen LogP contribution in [0, 0.1) is 0 Å². The van der Waals surface area contributed by atoms with E-state index in [2.05, 4.69) is 23.5 Å². The minimum absolute atomic E-state index is 0.0554. The number of anilines is 1. The number of hydrogen-bond donors (Lipinski definition) is 1. The van der Waals surface area contributed by atoms with Gasteiger partial charge in [0, 0.05) is 42.3 Å². The smallest absolute Gasteiger partial charge is 0.265 e. The van der Waals surface area contributed by atoms with E-state index >= 15 is 0 Å². The number of nitrogens with one attached hydrogen (secondary N) is 1. The summed E-state index contributed by atoms with van der Waals surface area (Å²) in [6, 6.07) is 11.1. The first kappa shape index (κ1) is 27.2. The van der Waals surface area contributed by atoms with E-state index in [1.54, 1.807) is 36.1 Å².